The van der Waals surface area contributed by atoms with E-state index >= 15 is 0 Å². The van der Waals surface area contributed by atoms with E-state index in [-0.39, 0.29) is 17.2 Å². The van der Waals surface area contributed by atoms with Crippen LogP contribution in [0.1, 0.15) is 60.6 Å². The predicted octanol–water partition coefficient (Wildman–Crippen LogP) is 4.52. The summed E-state index contributed by atoms with van der Waals surface area (Å²) in [5.41, 5.74) is 1.43. The van der Waals surface area contributed by atoms with Gasteiger partial charge in [-0.25, -0.2) is 24.5 Å². The summed E-state index contributed by atoms with van der Waals surface area (Å²) in [5.74, 6) is -1.34. The molecule has 2 aromatic carbocycles. The van der Waals surface area contributed by atoms with Crippen molar-refractivity contribution in [2.45, 2.75) is 64.2 Å². The van der Waals surface area contributed by atoms with Crippen LogP contribution in [-0.4, -0.2) is 68.3 Å². The van der Waals surface area contributed by atoms with Crippen LogP contribution >= 0.6 is 22.6 Å². The maximum atomic E-state index is 13.4. The highest BCUT2D eigenvalue weighted by Crippen LogP contribution is 2.37. The summed E-state index contributed by atoms with van der Waals surface area (Å²) in [6, 6.07) is 16.9. The summed E-state index contributed by atoms with van der Waals surface area (Å²) in [6.45, 7) is 6.24. The van der Waals surface area contributed by atoms with Crippen LogP contribution in [0, 0.1) is 3.83 Å². The Hall–Kier alpha value is -4.11. The highest BCUT2D eigenvalue weighted by molar-refractivity contribution is 14.1. The van der Waals surface area contributed by atoms with Crippen molar-refractivity contribution in [3.63, 3.8) is 0 Å². The van der Waals surface area contributed by atoms with Gasteiger partial charge in [0.05, 0.1) is 17.5 Å². The monoisotopic (exact) mass is 712 g/mol. The van der Waals surface area contributed by atoms with E-state index in [0.717, 1.165) is 12.8 Å². The first-order valence-corrected chi connectivity index (χ1v) is 15.5. The second-order valence-corrected chi connectivity index (χ2v) is 11.1. The molecule has 0 saturated carbocycles. The first-order valence-electron chi connectivity index (χ1n) is 14.5. The zero-order valence-corrected chi connectivity index (χ0v) is 26.6. The number of halogens is 1. The normalized spacial score (nSPS) is 19.6. The van der Waals surface area contributed by atoms with Crippen molar-refractivity contribution in [2.24, 2.45) is 0 Å². The molecule has 1 aliphatic rings. The number of rotatable bonds is 11. The Morgan fingerprint density at radius 2 is 1.50 bits per heavy atom. The molecule has 44 heavy (non-hydrogen) atoms. The largest absolute Gasteiger partial charge is 0.451 e. The first-order chi connectivity index (χ1) is 21.3. The molecule has 0 bridgehead atoms. The number of likely N-dealkylation sites (N-methyl/N-ethyl adjacent to an activating group) is 1. The third-order valence-electron chi connectivity index (χ3n) is 7.30. The van der Waals surface area contributed by atoms with E-state index in [1.807, 2.05) is 22.6 Å². The molecule has 4 aromatic rings. The third-order valence-corrected chi connectivity index (χ3v) is 7.78. The van der Waals surface area contributed by atoms with Gasteiger partial charge in [0.25, 0.3) is 5.91 Å². The van der Waals surface area contributed by atoms with Crippen molar-refractivity contribution in [3.8, 4) is 0 Å². The van der Waals surface area contributed by atoms with E-state index < -0.39 is 42.4 Å². The van der Waals surface area contributed by atoms with Crippen molar-refractivity contribution in [1.29, 1.82) is 0 Å². The quantitative estimate of drug-likeness (QED) is 0.129. The molecule has 230 valence electrons. The van der Waals surface area contributed by atoms with Gasteiger partial charge in [-0.05, 0) is 44.0 Å². The minimum atomic E-state index is -1.30. The fourth-order valence-electron chi connectivity index (χ4n) is 5.00. The number of hydrogen-bond donors (Lipinski definition) is 2. The van der Waals surface area contributed by atoms with Gasteiger partial charge in [0.2, 0.25) is 0 Å². The summed E-state index contributed by atoms with van der Waals surface area (Å²) in [5, 5.41) is 6.17. The standard InChI is InChI=1S/C31H33IN6O6/c1-4-20(5-2)35-25-21-26(37-31(32)36-25)38(17-34-21)28-24(44-30(41)19-15-11-8-12-16-19)22(23(42-28)27(39)33-6-3)43-29(40)18-13-9-7-10-14-18/h7-17,20,22-24,28H,4-6H2,1-3H3,(H,33,39)(H,35,36,37). The topological polar surface area (TPSA) is 147 Å². The molecule has 1 saturated heterocycles. The molecule has 1 aliphatic heterocycles. The molecule has 0 aliphatic carbocycles. The van der Waals surface area contributed by atoms with Crippen LogP contribution in [0.25, 0.3) is 11.2 Å². The predicted molar refractivity (Wildman–Crippen MR) is 170 cm³/mol. The van der Waals surface area contributed by atoms with E-state index in [1.165, 1.54) is 6.33 Å². The Bertz CT molecular complexity index is 1610. The minimum Gasteiger partial charge on any atom is -0.451 e. The van der Waals surface area contributed by atoms with Crippen LogP contribution in [0.5, 0.6) is 0 Å². The molecule has 2 N–H and O–H groups in total. The lowest BCUT2D eigenvalue weighted by Crippen LogP contribution is -2.46. The van der Waals surface area contributed by atoms with Crippen molar-refractivity contribution >= 4 is 57.4 Å². The summed E-state index contributed by atoms with van der Waals surface area (Å²) < 4.78 is 20.3. The maximum absolute atomic E-state index is 13.4. The van der Waals surface area contributed by atoms with Crippen LogP contribution in [-0.2, 0) is 19.0 Å². The molecule has 4 unspecified atom stereocenters. The number of ether oxygens (including phenoxy) is 3. The van der Waals surface area contributed by atoms with Crippen molar-refractivity contribution < 1.29 is 28.6 Å². The van der Waals surface area contributed by atoms with Gasteiger partial charge in [-0.3, -0.25) is 9.36 Å². The number of anilines is 1. The van der Waals surface area contributed by atoms with Gasteiger partial charge in [0.15, 0.2) is 45.4 Å². The van der Waals surface area contributed by atoms with E-state index in [1.54, 1.807) is 72.2 Å². The van der Waals surface area contributed by atoms with Gasteiger partial charge in [-0.15, -0.1) is 0 Å². The number of carbonyl (C=O) groups is 3. The molecule has 12 nitrogen and oxygen atoms in total. The highest BCUT2D eigenvalue weighted by Gasteiger charge is 2.54. The fourth-order valence-corrected chi connectivity index (χ4v) is 5.47. The summed E-state index contributed by atoms with van der Waals surface area (Å²) in [4.78, 5) is 53.8. The fraction of sp³-hybridized carbons (Fsp3) is 0.355. The highest BCUT2D eigenvalue weighted by atomic mass is 127. The van der Waals surface area contributed by atoms with Gasteiger partial charge in [-0.1, -0.05) is 50.2 Å². The van der Waals surface area contributed by atoms with Gasteiger partial charge in [0.1, 0.15) is 0 Å². The molecule has 2 aromatic heterocycles. The number of esters is 2. The van der Waals surface area contributed by atoms with Crippen LogP contribution < -0.4 is 10.6 Å². The van der Waals surface area contributed by atoms with Gasteiger partial charge >= 0.3 is 11.9 Å². The van der Waals surface area contributed by atoms with Crippen molar-refractivity contribution in [3.05, 3.63) is 81.9 Å². The van der Waals surface area contributed by atoms with Crippen LogP contribution in [0.4, 0.5) is 5.82 Å². The summed E-state index contributed by atoms with van der Waals surface area (Å²) in [7, 11) is 0. The Morgan fingerprint density at radius 3 is 2.07 bits per heavy atom. The number of hydrogen-bond acceptors (Lipinski definition) is 10. The molecule has 3 heterocycles. The Labute approximate surface area is 268 Å². The molecular weight excluding hydrogens is 679 g/mol. The van der Waals surface area contributed by atoms with E-state index in [4.69, 9.17) is 14.2 Å². The minimum absolute atomic E-state index is 0.167. The zero-order chi connectivity index (χ0) is 31.2. The number of aromatic nitrogens is 4. The number of amides is 1. The van der Waals surface area contributed by atoms with Gasteiger partial charge in [0, 0.05) is 35.2 Å². The maximum Gasteiger partial charge on any atom is 0.338 e. The molecule has 0 spiro atoms. The molecule has 4 atom stereocenters. The van der Waals surface area contributed by atoms with Crippen LogP contribution in [0.3, 0.4) is 0 Å². The SMILES string of the molecule is CCNC(=O)C1OC(n2cnc3c(NC(CC)CC)nc(I)nc32)C(OC(=O)c2ccccc2)C1OC(=O)c1ccccc1. The molecular formula is C31H33IN6O6. The number of imidazole rings is 1. The average molecular weight is 713 g/mol. The first kappa shape index (κ1) is 31.3. The second kappa shape index (κ2) is 14.1. The lowest BCUT2D eigenvalue weighted by molar-refractivity contribution is -0.137. The molecule has 5 rings (SSSR count). The molecule has 13 heteroatoms. The molecule has 0 radical (unpaired) electrons. The van der Waals surface area contributed by atoms with Crippen LogP contribution in [0.2, 0.25) is 0 Å². The lowest BCUT2D eigenvalue weighted by atomic mass is 10.1. The number of nitrogens with zero attached hydrogens (tertiary/aromatic N) is 4. The lowest BCUT2D eigenvalue weighted by Gasteiger charge is -2.24. The van der Waals surface area contributed by atoms with Crippen molar-refractivity contribution in [1.82, 2.24) is 24.8 Å². The van der Waals surface area contributed by atoms with Gasteiger partial charge in [-0.2, -0.15) is 0 Å². The Balaban J connectivity index is 1.59. The number of fused-ring (bicyclic) bond motifs is 1. The average Bonchev–Trinajstić information content (AvgIpc) is 3.61. The summed E-state index contributed by atoms with van der Waals surface area (Å²) in [6.07, 6.45) is -1.72. The number of benzene rings is 2. The van der Waals surface area contributed by atoms with E-state index in [2.05, 4.69) is 39.4 Å². The van der Waals surface area contributed by atoms with Crippen molar-refractivity contribution in [2.75, 3.05) is 11.9 Å². The Kier molecular flexibility index (Phi) is 10.0. The zero-order valence-electron chi connectivity index (χ0n) is 24.5. The number of carbonyl (C=O) groups excluding carboxylic acids is 3. The van der Waals surface area contributed by atoms with E-state index in [0.29, 0.717) is 27.4 Å². The number of nitrogens with one attached hydrogen (secondary N) is 2. The second-order valence-electron chi connectivity index (χ2n) is 10.1. The molecule has 1 amide bonds. The molecule has 1 fully saturated rings. The third kappa shape index (κ3) is 6.68. The van der Waals surface area contributed by atoms with Crippen LogP contribution in [0.15, 0.2) is 67.0 Å². The smallest absolute Gasteiger partial charge is 0.338 e. The summed E-state index contributed by atoms with van der Waals surface area (Å²) >= 11 is 2.02. The van der Waals surface area contributed by atoms with E-state index in [9.17, 15) is 14.4 Å². The Morgan fingerprint density at radius 1 is 0.909 bits per heavy atom. The van der Waals surface area contributed by atoms with Gasteiger partial charge < -0.3 is 24.8 Å².